The molecule has 4 aromatic rings. The Hall–Kier alpha value is -3.33. The van der Waals surface area contributed by atoms with E-state index in [1.807, 2.05) is 17.0 Å². The molecular formula is C28H26ClFN4O2S. The highest BCUT2D eigenvalue weighted by molar-refractivity contribution is 7.15. The third-order valence-electron chi connectivity index (χ3n) is 7.11. The number of fused-ring (bicyclic) bond motifs is 5. The van der Waals surface area contributed by atoms with E-state index in [4.69, 9.17) is 16.3 Å². The van der Waals surface area contributed by atoms with Crippen molar-refractivity contribution >= 4 is 34.7 Å². The molecule has 9 heteroatoms. The summed E-state index contributed by atoms with van der Waals surface area (Å²) in [6.45, 7) is 2.29. The summed E-state index contributed by atoms with van der Waals surface area (Å²) in [5.74, 6) is 0.204. The molecule has 6 nitrogen and oxygen atoms in total. The van der Waals surface area contributed by atoms with Crippen molar-refractivity contribution in [3.05, 3.63) is 98.9 Å². The highest BCUT2D eigenvalue weighted by Crippen LogP contribution is 2.43. The van der Waals surface area contributed by atoms with Crippen LogP contribution >= 0.6 is 22.9 Å². The van der Waals surface area contributed by atoms with Crippen LogP contribution in [0.4, 0.5) is 14.9 Å². The number of nitrogens with zero attached hydrogens (tertiary/aromatic N) is 3. The molecule has 0 bridgehead atoms. The second kappa shape index (κ2) is 9.52. The maximum atomic E-state index is 14.1. The number of aromatic nitrogens is 1. The van der Waals surface area contributed by atoms with Gasteiger partial charge in [0.25, 0.3) is 0 Å². The molecule has 37 heavy (non-hydrogen) atoms. The molecule has 4 heterocycles. The number of likely N-dealkylation sites (N-methyl/N-ethyl adjacent to an activating group) is 1. The topological polar surface area (TPSA) is 49.7 Å². The molecule has 6 rings (SSSR count). The number of nitrogens with one attached hydrogen (secondary N) is 1. The summed E-state index contributed by atoms with van der Waals surface area (Å²) in [6.07, 6.45) is 2.99. The summed E-state index contributed by atoms with van der Waals surface area (Å²) in [5, 5.41) is 4.67. The number of rotatable bonds is 3. The second-order valence-corrected chi connectivity index (χ2v) is 11.0. The van der Waals surface area contributed by atoms with Crippen molar-refractivity contribution in [3.63, 3.8) is 0 Å². The minimum absolute atomic E-state index is 0.289. The molecule has 0 saturated carbocycles. The quantitative estimate of drug-likeness (QED) is 0.327. The van der Waals surface area contributed by atoms with Gasteiger partial charge < -0.3 is 24.4 Å². The summed E-state index contributed by atoms with van der Waals surface area (Å²) in [6, 6.07) is 14.8. The first-order valence-corrected chi connectivity index (χ1v) is 13.3. The monoisotopic (exact) mass is 536 g/mol. The van der Waals surface area contributed by atoms with E-state index >= 15 is 0 Å². The number of ether oxygens (including phenoxy) is 1. The van der Waals surface area contributed by atoms with E-state index in [1.54, 1.807) is 48.8 Å². The van der Waals surface area contributed by atoms with Crippen molar-refractivity contribution in [3.8, 4) is 10.8 Å². The van der Waals surface area contributed by atoms with Crippen molar-refractivity contribution in [2.75, 3.05) is 26.0 Å². The van der Waals surface area contributed by atoms with E-state index in [-0.39, 0.29) is 11.8 Å². The van der Waals surface area contributed by atoms with Crippen LogP contribution in [0.5, 0.6) is 5.75 Å². The molecule has 2 aromatic heterocycles. The maximum Gasteiger partial charge on any atom is 0.323 e. The predicted molar refractivity (Wildman–Crippen MR) is 144 cm³/mol. The van der Waals surface area contributed by atoms with Crippen molar-refractivity contribution in [2.24, 2.45) is 0 Å². The fraction of sp³-hybridized carbons (Fsp3) is 0.250. The fourth-order valence-corrected chi connectivity index (χ4v) is 6.93. The van der Waals surface area contributed by atoms with Crippen LogP contribution < -0.4 is 10.1 Å². The van der Waals surface area contributed by atoms with E-state index in [9.17, 15) is 9.18 Å². The zero-order chi connectivity index (χ0) is 25.7. The Kier molecular flexibility index (Phi) is 6.18. The van der Waals surface area contributed by atoms with Crippen molar-refractivity contribution < 1.29 is 13.9 Å². The third-order valence-corrected chi connectivity index (χ3v) is 8.60. The van der Waals surface area contributed by atoms with Gasteiger partial charge in [0.05, 0.1) is 31.1 Å². The number of carbonyl (C=O) groups is 1. The molecule has 0 fully saturated rings. The van der Waals surface area contributed by atoms with Gasteiger partial charge in [-0.15, -0.1) is 11.3 Å². The first-order valence-electron chi connectivity index (χ1n) is 12.1. The number of thiophene rings is 1. The van der Waals surface area contributed by atoms with Gasteiger partial charge in [0.2, 0.25) is 0 Å². The molecule has 0 aliphatic carbocycles. The summed E-state index contributed by atoms with van der Waals surface area (Å²) >= 11 is 8.04. The Bertz CT molecular complexity index is 1480. The molecule has 2 amide bonds. The molecule has 0 saturated heterocycles. The number of anilines is 1. The number of urea groups is 1. The van der Waals surface area contributed by atoms with Gasteiger partial charge in [-0.1, -0.05) is 23.7 Å². The fourth-order valence-electron chi connectivity index (χ4n) is 5.31. The standard InChI is InChI=1S/C28H26ClFN4O2S/c1-32-13-11-20-21-15-34(28(35)31-22-14-18(29)7-10-24(22)36-2)26(17-5-8-19(30)9-6-17)23-4-3-12-33(23)27(21)37-25(20)16-32/h3-10,12,14,26H,11,13,15-16H2,1-2H3,(H,31,35)/t26-/m1/s1. The normalized spacial score (nSPS) is 17.0. The van der Waals surface area contributed by atoms with Gasteiger partial charge in [0.15, 0.2) is 0 Å². The Morgan fingerprint density at radius 3 is 2.73 bits per heavy atom. The van der Waals surface area contributed by atoms with Crippen LogP contribution in [0.15, 0.2) is 60.8 Å². The lowest BCUT2D eigenvalue weighted by molar-refractivity contribution is 0.194. The van der Waals surface area contributed by atoms with Gasteiger partial charge in [-0.25, -0.2) is 9.18 Å². The van der Waals surface area contributed by atoms with Gasteiger partial charge in [-0.05, 0) is 67.1 Å². The summed E-state index contributed by atoms with van der Waals surface area (Å²) in [5.41, 5.74) is 4.77. The smallest absolute Gasteiger partial charge is 0.323 e. The van der Waals surface area contributed by atoms with E-state index in [2.05, 4.69) is 28.0 Å². The minimum atomic E-state index is -0.428. The lowest BCUT2D eigenvalue weighted by atomic mass is 10.0. The minimum Gasteiger partial charge on any atom is -0.495 e. The molecule has 2 aromatic carbocycles. The van der Waals surface area contributed by atoms with Gasteiger partial charge in [0.1, 0.15) is 16.6 Å². The molecule has 2 aliphatic rings. The SMILES string of the molecule is COc1ccc(Cl)cc1NC(=O)N1Cc2c(sc3c2CCN(C)C3)-n2cccc2[C@H]1c1ccc(F)cc1. The molecule has 0 unspecified atom stereocenters. The molecule has 1 atom stereocenters. The molecule has 1 N–H and O–H groups in total. The second-order valence-electron chi connectivity index (χ2n) is 9.44. The lowest BCUT2D eigenvalue weighted by Crippen LogP contribution is -2.38. The number of carbonyl (C=O) groups excluding carboxylic acids is 1. The third kappa shape index (κ3) is 4.29. The summed E-state index contributed by atoms with van der Waals surface area (Å²) in [4.78, 5) is 19.6. The first-order chi connectivity index (χ1) is 17.9. The molecule has 0 radical (unpaired) electrons. The number of halogens is 2. The predicted octanol–water partition coefficient (Wildman–Crippen LogP) is 6.46. The number of amides is 2. The van der Waals surface area contributed by atoms with Gasteiger partial charge >= 0.3 is 6.03 Å². The molecule has 190 valence electrons. The highest BCUT2D eigenvalue weighted by atomic mass is 35.5. The summed E-state index contributed by atoms with van der Waals surface area (Å²) < 4.78 is 21.6. The first kappa shape index (κ1) is 24.0. The van der Waals surface area contributed by atoms with Gasteiger partial charge in [-0.3, -0.25) is 0 Å². The van der Waals surface area contributed by atoms with Crippen LogP contribution in [-0.2, 0) is 19.5 Å². The van der Waals surface area contributed by atoms with Crippen LogP contribution in [-0.4, -0.2) is 41.1 Å². The Morgan fingerprint density at radius 2 is 1.95 bits per heavy atom. The lowest BCUT2D eigenvalue weighted by Gasteiger charge is -2.32. The van der Waals surface area contributed by atoms with Crippen LogP contribution in [0, 0.1) is 5.82 Å². The zero-order valence-corrected chi connectivity index (χ0v) is 22.1. The van der Waals surface area contributed by atoms with Crippen molar-refractivity contribution in [1.29, 1.82) is 0 Å². The van der Waals surface area contributed by atoms with Gasteiger partial charge in [0, 0.05) is 34.7 Å². The zero-order valence-electron chi connectivity index (χ0n) is 20.5. The largest absolute Gasteiger partial charge is 0.495 e. The number of hydrogen-bond acceptors (Lipinski definition) is 4. The molecule has 0 spiro atoms. The van der Waals surface area contributed by atoms with E-state index in [0.29, 0.717) is 23.0 Å². The van der Waals surface area contributed by atoms with E-state index < -0.39 is 6.04 Å². The average Bonchev–Trinajstić information content (AvgIpc) is 3.46. The average molecular weight is 537 g/mol. The number of hydrogen-bond donors (Lipinski definition) is 1. The van der Waals surface area contributed by atoms with Gasteiger partial charge in [-0.2, -0.15) is 0 Å². The summed E-state index contributed by atoms with van der Waals surface area (Å²) in [7, 11) is 3.69. The van der Waals surface area contributed by atoms with Crippen LogP contribution in [0.1, 0.15) is 33.3 Å². The van der Waals surface area contributed by atoms with E-state index in [1.165, 1.54) is 28.1 Å². The Morgan fingerprint density at radius 1 is 1.14 bits per heavy atom. The van der Waals surface area contributed by atoms with Crippen LogP contribution in [0.3, 0.4) is 0 Å². The Balaban J connectivity index is 1.49. The highest BCUT2D eigenvalue weighted by Gasteiger charge is 2.36. The maximum absolute atomic E-state index is 14.1. The molecule has 2 aliphatic heterocycles. The van der Waals surface area contributed by atoms with Crippen molar-refractivity contribution in [2.45, 2.75) is 25.6 Å². The van der Waals surface area contributed by atoms with Crippen LogP contribution in [0.25, 0.3) is 5.00 Å². The molecular weight excluding hydrogens is 511 g/mol. The van der Waals surface area contributed by atoms with Crippen LogP contribution in [0.2, 0.25) is 5.02 Å². The number of methoxy groups -OCH3 is 1. The Labute approximate surface area is 223 Å². The van der Waals surface area contributed by atoms with Crippen molar-refractivity contribution in [1.82, 2.24) is 14.4 Å². The van der Waals surface area contributed by atoms with E-state index in [0.717, 1.165) is 35.8 Å². The number of benzene rings is 2.